The van der Waals surface area contributed by atoms with E-state index in [9.17, 15) is 8.42 Å². The minimum atomic E-state index is -3.75. The van der Waals surface area contributed by atoms with E-state index in [1.807, 2.05) is 89.2 Å². The number of rotatable bonds is 8. The molecule has 38 heavy (non-hydrogen) atoms. The number of aliphatic hydroxyl groups is 1. The zero-order valence-corrected chi connectivity index (χ0v) is 24.9. The molecule has 208 valence electrons. The summed E-state index contributed by atoms with van der Waals surface area (Å²) in [6.45, 7) is 14.9. The SMILES string of the molecule is CC.CC.CC(CO)NCc1ccc(S(=O)(=O)n2cc(-c3ccccc3)c3ccccc32)cc1.CCCC. The second-order valence-electron chi connectivity index (χ2n) is 8.34. The number of hydrogen-bond acceptors (Lipinski definition) is 4. The molecule has 0 saturated carbocycles. The zero-order valence-electron chi connectivity index (χ0n) is 24.1. The van der Waals surface area contributed by atoms with Crippen molar-refractivity contribution in [3.05, 3.63) is 90.6 Å². The summed E-state index contributed by atoms with van der Waals surface area (Å²) in [5, 5.41) is 13.2. The molecule has 1 atom stereocenters. The van der Waals surface area contributed by atoms with Crippen molar-refractivity contribution in [2.45, 2.75) is 78.8 Å². The van der Waals surface area contributed by atoms with Crippen molar-refractivity contribution in [2.24, 2.45) is 0 Å². The molecule has 1 unspecified atom stereocenters. The predicted molar refractivity (Wildman–Crippen MR) is 163 cm³/mol. The molecular weight excluding hydrogens is 492 g/mol. The lowest BCUT2D eigenvalue weighted by molar-refractivity contribution is 0.251. The number of aromatic nitrogens is 1. The van der Waals surface area contributed by atoms with Crippen LogP contribution in [0, 0.1) is 0 Å². The minimum Gasteiger partial charge on any atom is -0.395 e. The highest BCUT2D eigenvalue weighted by atomic mass is 32.2. The van der Waals surface area contributed by atoms with Gasteiger partial charge < -0.3 is 10.4 Å². The molecule has 0 aliphatic heterocycles. The van der Waals surface area contributed by atoms with Crippen LogP contribution in [-0.4, -0.2) is 30.1 Å². The van der Waals surface area contributed by atoms with E-state index in [1.54, 1.807) is 30.5 Å². The van der Waals surface area contributed by atoms with Gasteiger partial charge in [0.1, 0.15) is 0 Å². The number of unbranched alkanes of at least 4 members (excludes halogenated alkanes) is 1. The first-order valence-corrected chi connectivity index (χ1v) is 15.2. The zero-order chi connectivity index (χ0) is 28.6. The fourth-order valence-electron chi connectivity index (χ4n) is 3.45. The Morgan fingerprint density at radius 2 is 1.37 bits per heavy atom. The molecule has 3 aromatic carbocycles. The van der Waals surface area contributed by atoms with Crippen molar-refractivity contribution >= 4 is 20.9 Å². The molecule has 6 heteroatoms. The predicted octanol–water partition coefficient (Wildman–Crippen LogP) is 7.87. The van der Waals surface area contributed by atoms with Gasteiger partial charge in [0.2, 0.25) is 0 Å². The number of aliphatic hydroxyl groups excluding tert-OH is 1. The second kappa shape index (κ2) is 17.6. The fourth-order valence-corrected chi connectivity index (χ4v) is 4.82. The molecule has 1 heterocycles. The van der Waals surface area contributed by atoms with Gasteiger partial charge in [0.05, 0.1) is 17.0 Å². The van der Waals surface area contributed by atoms with Crippen LogP contribution in [0.2, 0.25) is 0 Å². The van der Waals surface area contributed by atoms with Gasteiger partial charge in [0, 0.05) is 29.7 Å². The highest BCUT2D eigenvalue weighted by Crippen LogP contribution is 2.32. The van der Waals surface area contributed by atoms with Crippen molar-refractivity contribution in [1.82, 2.24) is 9.29 Å². The summed E-state index contributed by atoms with van der Waals surface area (Å²) in [4.78, 5) is 0.238. The normalized spacial score (nSPS) is 11.3. The van der Waals surface area contributed by atoms with Gasteiger partial charge in [0.25, 0.3) is 10.0 Å². The first kappa shape index (κ1) is 33.1. The van der Waals surface area contributed by atoms with E-state index in [1.165, 1.54) is 16.8 Å². The van der Waals surface area contributed by atoms with Crippen LogP contribution in [0.5, 0.6) is 0 Å². The van der Waals surface area contributed by atoms with E-state index < -0.39 is 10.0 Å². The fraction of sp³-hybridized carbons (Fsp3) is 0.375. The van der Waals surface area contributed by atoms with E-state index in [0.717, 1.165) is 22.1 Å². The maximum Gasteiger partial charge on any atom is 0.268 e. The Bertz CT molecular complexity index is 1280. The van der Waals surface area contributed by atoms with Gasteiger partial charge in [-0.05, 0) is 36.2 Å². The molecule has 5 nitrogen and oxygen atoms in total. The molecule has 0 radical (unpaired) electrons. The molecule has 4 rings (SSSR count). The van der Waals surface area contributed by atoms with E-state index >= 15 is 0 Å². The van der Waals surface area contributed by atoms with Crippen LogP contribution in [-0.2, 0) is 16.6 Å². The van der Waals surface area contributed by atoms with Gasteiger partial charge in [0.15, 0.2) is 0 Å². The Morgan fingerprint density at radius 1 is 0.816 bits per heavy atom. The maximum atomic E-state index is 13.4. The number of nitrogens with zero attached hydrogens (tertiary/aromatic N) is 1. The van der Waals surface area contributed by atoms with Crippen LogP contribution < -0.4 is 5.32 Å². The largest absolute Gasteiger partial charge is 0.395 e. The highest BCUT2D eigenvalue weighted by Gasteiger charge is 2.21. The maximum absolute atomic E-state index is 13.4. The van der Waals surface area contributed by atoms with Gasteiger partial charge >= 0.3 is 0 Å². The average molecular weight is 539 g/mol. The summed E-state index contributed by atoms with van der Waals surface area (Å²) in [5.74, 6) is 0. The van der Waals surface area contributed by atoms with Crippen molar-refractivity contribution in [2.75, 3.05) is 6.61 Å². The van der Waals surface area contributed by atoms with Crippen molar-refractivity contribution in [3.8, 4) is 11.1 Å². The van der Waals surface area contributed by atoms with Crippen LogP contribution >= 0.6 is 0 Å². The lowest BCUT2D eigenvalue weighted by Gasteiger charge is -2.11. The van der Waals surface area contributed by atoms with Crippen LogP contribution in [0.3, 0.4) is 0 Å². The lowest BCUT2D eigenvalue weighted by Crippen LogP contribution is -2.28. The summed E-state index contributed by atoms with van der Waals surface area (Å²) >= 11 is 0. The highest BCUT2D eigenvalue weighted by molar-refractivity contribution is 7.90. The van der Waals surface area contributed by atoms with Gasteiger partial charge in [-0.3, -0.25) is 0 Å². The smallest absolute Gasteiger partial charge is 0.268 e. The Morgan fingerprint density at radius 3 is 1.92 bits per heavy atom. The first-order chi connectivity index (χ1) is 18.4. The summed E-state index contributed by atoms with van der Waals surface area (Å²) in [7, 11) is -3.75. The molecule has 4 aromatic rings. The van der Waals surface area contributed by atoms with Crippen LogP contribution in [0.4, 0.5) is 0 Å². The number of fused-ring (bicyclic) bond motifs is 1. The monoisotopic (exact) mass is 538 g/mol. The number of para-hydroxylation sites is 1. The molecule has 2 N–H and O–H groups in total. The average Bonchev–Trinajstić information content (AvgIpc) is 3.39. The summed E-state index contributed by atoms with van der Waals surface area (Å²) < 4.78 is 28.2. The molecule has 0 fully saturated rings. The van der Waals surface area contributed by atoms with E-state index in [4.69, 9.17) is 5.11 Å². The van der Waals surface area contributed by atoms with Crippen molar-refractivity contribution in [3.63, 3.8) is 0 Å². The van der Waals surface area contributed by atoms with Crippen LogP contribution in [0.25, 0.3) is 22.0 Å². The molecule has 0 aliphatic carbocycles. The lowest BCUT2D eigenvalue weighted by atomic mass is 10.1. The molecule has 0 spiro atoms. The van der Waals surface area contributed by atoms with Crippen molar-refractivity contribution < 1.29 is 13.5 Å². The number of nitrogens with one attached hydrogen (secondary N) is 1. The quantitative estimate of drug-likeness (QED) is 0.239. The van der Waals surface area contributed by atoms with Gasteiger partial charge in [-0.15, -0.1) is 0 Å². The van der Waals surface area contributed by atoms with Crippen molar-refractivity contribution in [1.29, 1.82) is 0 Å². The third-order valence-electron chi connectivity index (χ3n) is 5.67. The number of hydrogen-bond donors (Lipinski definition) is 2. The van der Waals surface area contributed by atoms with Crippen LogP contribution in [0.15, 0.2) is 90.0 Å². The van der Waals surface area contributed by atoms with E-state index in [0.29, 0.717) is 12.1 Å². The molecule has 1 aromatic heterocycles. The van der Waals surface area contributed by atoms with Gasteiger partial charge in [-0.1, -0.05) is 115 Å². The van der Waals surface area contributed by atoms with Gasteiger partial charge in [-0.2, -0.15) is 0 Å². The molecule has 0 aliphatic rings. The second-order valence-corrected chi connectivity index (χ2v) is 10.2. The Hall–Kier alpha value is -2.93. The van der Waals surface area contributed by atoms with Crippen LogP contribution in [0.1, 0.15) is 66.9 Å². The van der Waals surface area contributed by atoms with Gasteiger partial charge in [-0.25, -0.2) is 12.4 Å². The van der Waals surface area contributed by atoms with E-state index in [2.05, 4.69) is 19.2 Å². The molecule has 0 saturated heterocycles. The summed E-state index contributed by atoms with van der Waals surface area (Å²) in [6.07, 6.45) is 4.34. The first-order valence-electron chi connectivity index (χ1n) is 13.8. The standard InChI is InChI=1S/C24H24N2O3S.C4H10.2C2H6/c1-18(17-27)25-15-19-11-13-21(14-12-19)30(28,29)26-16-23(20-7-3-2-4-8-20)22-9-5-6-10-24(22)26;1-3-4-2;2*1-2/h2-14,16,18,25,27H,15,17H2,1H3;3-4H2,1-2H3;2*1-2H3. The Balaban J connectivity index is 0.000000811. The molecular formula is C32H46N2O3S. The summed E-state index contributed by atoms with van der Waals surface area (Å²) in [6, 6.07) is 24.2. The third-order valence-corrected chi connectivity index (χ3v) is 7.36. The third kappa shape index (κ3) is 8.83. The van der Waals surface area contributed by atoms with E-state index in [-0.39, 0.29) is 17.5 Å². The number of benzene rings is 3. The topological polar surface area (TPSA) is 71.3 Å². The minimum absolute atomic E-state index is 0.0175. The molecule has 0 bridgehead atoms. The Kier molecular flexibility index (Phi) is 15.3. The molecule has 0 amide bonds. The Labute approximate surface area is 230 Å². The summed E-state index contributed by atoms with van der Waals surface area (Å²) in [5.41, 5.74) is 3.46.